The highest BCUT2D eigenvalue weighted by atomic mass is 16.5. The van der Waals surface area contributed by atoms with E-state index in [2.05, 4.69) is 6.58 Å². The summed E-state index contributed by atoms with van der Waals surface area (Å²) < 4.78 is 21.5. The number of ether oxygens (including phenoxy) is 4. The number of carbonyl (C=O) groups is 2. The smallest absolute Gasteiger partial charge is 0.324 e. The predicted molar refractivity (Wildman–Crippen MR) is 92.4 cm³/mol. The van der Waals surface area contributed by atoms with Crippen LogP contribution >= 0.6 is 0 Å². The molecule has 6 heteroatoms. The minimum Gasteiger partial charge on any atom is -0.496 e. The fraction of sp³-hybridized carbons (Fsp3) is 0.474. The molecule has 0 spiro atoms. The van der Waals surface area contributed by atoms with Gasteiger partial charge in [-0.1, -0.05) is 19.1 Å². The van der Waals surface area contributed by atoms with Crippen molar-refractivity contribution in [2.45, 2.75) is 31.1 Å². The van der Waals surface area contributed by atoms with E-state index in [1.165, 1.54) is 27.4 Å². The number of Topliss-reactive ketones (excluding diaryl/α,β-unsaturated/α-hetero) is 1. The molecule has 136 valence electrons. The van der Waals surface area contributed by atoms with Crippen LogP contribution in [0.3, 0.4) is 0 Å². The lowest BCUT2D eigenvalue weighted by Crippen LogP contribution is -2.47. The zero-order chi connectivity index (χ0) is 18.4. The van der Waals surface area contributed by atoms with E-state index in [0.717, 1.165) is 12.8 Å². The van der Waals surface area contributed by atoms with Crippen molar-refractivity contribution in [1.82, 2.24) is 0 Å². The van der Waals surface area contributed by atoms with Gasteiger partial charge in [0.2, 0.25) is 0 Å². The molecule has 0 aliphatic heterocycles. The van der Waals surface area contributed by atoms with Gasteiger partial charge < -0.3 is 18.9 Å². The lowest BCUT2D eigenvalue weighted by atomic mass is 9.67. The third-order valence-corrected chi connectivity index (χ3v) is 4.50. The van der Waals surface area contributed by atoms with Gasteiger partial charge >= 0.3 is 5.97 Å². The Kier molecular flexibility index (Phi) is 6.07. The highest BCUT2D eigenvalue weighted by molar-refractivity contribution is 6.11. The summed E-state index contributed by atoms with van der Waals surface area (Å²) in [7, 11) is 4.48. The molecule has 0 heterocycles. The van der Waals surface area contributed by atoms with Crippen LogP contribution in [0.2, 0.25) is 0 Å². The van der Waals surface area contributed by atoms with Gasteiger partial charge in [0.1, 0.15) is 23.9 Å². The molecule has 0 saturated heterocycles. The maximum atomic E-state index is 12.9. The fourth-order valence-corrected chi connectivity index (χ4v) is 3.30. The number of rotatable bonds is 7. The number of ketones is 1. The van der Waals surface area contributed by atoms with Crippen LogP contribution in [0.15, 0.2) is 24.8 Å². The third kappa shape index (κ3) is 3.34. The van der Waals surface area contributed by atoms with E-state index in [0.29, 0.717) is 35.7 Å². The normalized spacial score (nSPS) is 19.9. The summed E-state index contributed by atoms with van der Waals surface area (Å²) in [5, 5.41) is 0. The zero-order valence-electron chi connectivity index (χ0n) is 14.9. The Morgan fingerprint density at radius 3 is 2.28 bits per heavy atom. The Morgan fingerprint density at radius 2 is 1.80 bits per heavy atom. The largest absolute Gasteiger partial charge is 0.496 e. The summed E-state index contributed by atoms with van der Waals surface area (Å²) in [5.74, 6) is 0.452. The summed E-state index contributed by atoms with van der Waals surface area (Å²) in [5.41, 5.74) is -1.04. The molecule has 0 aromatic heterocycles. The maximum absolute atomic E-state index is 12.9. The zero-order valence-corrected chi connectivity index (χ0v) is 14.9. The van der Waals surface area contributed by atoms with Crippen molar-refractivity contribution in [3.05, 3.63) is 30.4 Å². The Morgan fingerprint density at radius 1 is 1.16 bits per heavy atom. The van der Waals surface area contributed by atoms with Crippen LogP contribution < -0.4 is 14.2 Å². The van der Waals surface area contributed by atoms with Gasteiger partial charge in [0.05, 0.1) is 26.9 Å². The van der Waals surface area contributed by atoms with Crippen molar-refractivity contribution in [3.8, 4) is 17.2 Å². The van der Waals surface area contributed by atoms with E-state index >= 15 is 0 Å². The van der Waals surface area contributed by atoms with Crippen LogP contribution in [0.4, 0.5) is 0 Å². The first-order chi connectivity index (χ1) is 12.0. The Bertz CT molecular complexity index is 641. The van der Waals surface area contributed by atoms with Crippen molar-refractivity contribution in [3.63, 3.8) is 0 Å². The monoisotopic (exact) mass is 348 g/mol. The van der Waals surface area contributed by atoms with Gasteiger partial charge in [0, 0.05) is 18.6 Å². The molecule has 1 atom stereocenters. The van der Waals surface area contributed by atoms with E-state index < -0.39 is 11.4 Å². The summed E-state index contributed by atoms with van der Waals surface area (Å²) in [4.78, 5) is 25.9. The van der Waals surface area contributed by atoms with Crippen LogP contribution in [0.5, 0.6) is 17.2 Å². The number of benzene rings is 1. The van der Waals surface area contributed by atoms with Gasteiger partial charge in [-0.15, -0.1) is 0 Å². The summed E-state index contributed by atoms with van der Waals surface area (Å²) in [6, 6.07) is 3.28. The van der Waals surface area contributed by atoms with Crippen LogP contribution in [-0.2, 0) is 19.7 Å². The molecule has 0 N–H and O–H groups in total. The number of esters is 1. The first kappa shape index (κ1) is 18.8. The van der Waals surface area contributed by atoms with Crippen LogP contribution in [-0.4, -0.2) is 39.7 Å². The second-order valence-electron chi connectivity index (χ2n) is 5.83. The van der Waals surface area contributed by atoms with Crippen molar-refractivity contribution >= 4 is 11.8 Å². The molecule has 0 amide bonds. The average Bonchev–Trinajstić information content (AvgIpc) is 2.65. The number of hydrogen-bond acceptors (Lipinski definition) is 6. The quantitative estimate of drug-likeness (QED) is 0.429. The molecule has 6 nitrogen and oxygen atoms in total. The standard InChI is InChI=1S/C19H24O6/c1-5-10-25-18(21)19(9-7-6-8-16(19)20)17-14(23-3)11-13(22-2)12-15(17)24-4/h5,11-12H,1,6-10H2,2-4H3. The SMILES string of the molecule is C=CCOC(=O)C1(c2c(OC)cc(OC)cc2OC)CCCCC1=O. The van der Waals surface area contributed by atoms with Gasteiger partial charge in [-0.3, -0.25) is 9.59 Å². The molecule has 0 radical (unpaired) electrons. The lowest BCUT2D eigenvalue weighted by Gasteiger charge is -2.35. The molecule has 1 fully saturated rings. The average molecular weight is 348 g/mol. The Labute approximate surface area is 147 Å². The van der Waals surface area contributed by atoms with Crippen molar-refractivity contribution < 1.29 is 28.5 Å². The van der Waals surface area contributed by atoms with Crippen LogP contribution in [0.25, 0.3) is 0 Å². The number of carbonyl (C=O) groups excluding carboxylic acids is 2. The summed E-state index contributed by atoms with van der Waals surface area (Å²) in [6.45, 7) is 3.59. The molecule has 1 aliphatic carbocycles. The topological polar surface area (TPSA) is 71.1 Å². The van der Waals surface area contributed by atoms with E-state index in [1.54, 1.807) is 12.1 Å². The van der Waals surface area contributed by atoms with E-state index in [1.807, 2.05) is 0 Å². The van der Waals surface area contributed by atoms with Gasteiger partial charge in [0.15, 0.2) is 11.2 Å². The molecule has 1 aliphatic rings. The highest BCUT2D eigenvalue weighted by Crippen LogP contribution is 2.48. The molecule has 1 aromatic rings. The minimum absolute atomic E-state index is 0.0364. The second-order valence-corrected chi connectivity index (χ2v) is 5.83. The fourth-order valence-electron chi connectivity index (χ4n) is 3.30. The lowest BCUT2D eigenvalue weighted by molar-refractivity contribution is -0.155. The molecule has 25 heavy (non-hydrogen) atoms. The summed E-state index contributed by atoms with van der Waals surface area (Å²) in [6.07, 6.45) is 3.60. The Hall–Kier alpha value is -2.50. The molecule has 1 aromatic carbocycles. The van der Waals surface area contributed by atoms with Crippen molar-refractivity contribution in [2.75, 3.05) is 27.9 Å². The van der Waals surface area contributed by atoms with Crippen LogP contribution in [0.1, 0.15) is 31.2 Å². The maximum Gasteiger partial charge on any atom is 0.324 e. The van der Waals surface area contributed by atoms with Gasteiger partial charge in [0.25, 0.3) is 0 Å². The molecule has 2 rings (SSSR count). The van der Waals surface area contributed by atoms with E-state index in [4.69, 9.17) is 18.9 Å². The molecular weight excluding hydrogens is 324 g/mol. The number of hydrogen-bond donors (Lipinski definition) is 0. The molecular formula is C19H24O6. The minimum atomic E-state index is -1.44. The van der Waals surface area contributed by atoms with E-state index in [-0.39, 0.29) is 12.4 Å². The first-order valence-corrected chi connectivity index (χ1v) is 8.17. The second kappa shape index (κ2) is 8.05. The van der Waals surface area contributed by atoms with Crippen LogP contribution in [0, 0.1) is 0 Å². The molecule has 1 unspecified atom stereocenters. The predicted octanol–water partition coefficient (Wildman–Crippen LogP) is 2.82. The number of methoxy groups -OCH3 is 3. The first-order valence-electron chi connectivity index (χ1n) is 8.17. The van der Waals surface area contributed by atoms with Gasteiger partial charge in [-0.05, 0) is 12.8 Å². The Balaban J connectivity index is 2.71. The van der Waals surface area contributed by atoms with Gasteiger partial charge in [-0.2, -0.15) is 0 Å². The van der Waals surface area contributed by atoms with Crippen molar-refractivity contribution in [1.29, 1.82) is 0 Å². The van der Waals surface area contributed by atoms with Gasteiger partial charge in [-0.25, -0.2) is 0 Å². The highest BCUT2D eigenvalue weighted by Gasteiger charge is 2.53. The summed E-state index contributed by atoms with van der Waals surface area (Å²) >= 11 is 0. The van der Waals surface area contributed by atoms with Crippen molar-refractivity contribution in [2.24, 2.45) is 0 Å². The molecule has 0 bridgehead atoms. The third-order valence-electron chi connectivity index (χ3n) is 4.50. The van der Waals surface area contributed by atoms with E-state index in [9.17, 15) is 9.59 Å². The molecule has 1 saturated carbocycles.